The second kappa shape index (κ2) is 6.00. The summed E-state index contributed by atoms with van der Waals surface area (Å²) in [6.07, 6.45) is 5.00. The van der Waals surface area contributed by atoms with Gasteiger partial charge in [0, 0.05) is 6.07 Å². The molecule has 1 aliphatic rings. The van der Waals surface area contributed by atoms with Gasteiger partial charge < -0.3 is 13.4 Å². The van der Waals surface area contributed by atoms with E-state index in [1.54, 1.807) is 18.4 Å². The standard InChI is InChI=1S/C16H18N4O3/c1-11-9-12(19-23-11)13-5-2-3-7-20(13)10-15-17-18-16(22-15)14-6-4-8-21-14/h4,6,8-9,13H,2-3,5,7,10H2,1H3/t13-/m0/s1. The van der Waals surface area contributed by atoms with E-state index in [0.29, 0.717) is 24.1 Å². The third-order valence-electron chi connectivity index (χ3n) is 4.14. The second-order valence-corrected chi connectivity index (χ2v) is 5.82. The van der Waals surface area contributed by atoms with Crippen LogP contribution in [0.4, 0.5) is 0 Å². The van der Waals surface area contributed by atoms with Crippen molar-refractivity contribution in [3.63, 3.8) is 0 Å². The molecule has 7 nitrogen and oxygen atoms in total. The van der Waals surface area contributed by atoms with Gasteiger partial charge in [0.05, 0.1) is 18.8 Å². The summed E-state index contributed by atoms with van der Waals surface area (Å²) in [6.45, 7) is 3.50. The summed E-state index contributed by atoms with van der Waals surface area (Å²) in [5.41, 5.74) is 0.980. The largest absolute Gasteiger partial charge is 0.459 e. The van der Waals surface area contributed by atoms with Crippen molar-refractivity contribution in [2.24, 2.45) is 0 Å². The predicted molar refractivity (Wildman–Crippen MR) is 80.2 cm³/mol. The summed E-state index contributed by atoms with van der Waals surface area (Å²) in [7, 11) is 0. The molecule has 1 aliphatic heterocycles. The van der Waals surface area contributed by atoms with Crippen molar-refractivity contribution >= 4 is 0 Å². The Balaban J connectivity index is 1.52. The number of aromatic nitrogens is 3. The zero-order valence-corrected chi connectivity index (χ0v) is 12.9. The van der Waals surface area contributed by atoms with Gasteiger partial charge in [-0.3, -0.25) is 4.90 Å². The van der Waals surface area contributed by atoms with E-state index in [1.165, 1.54) is 6.42 Å². The van der Waals surface area contributed by atoms with Crippen LogP contribution in [0.5, 0.6) is 0 Å². The summed E-state index contributed by atoms with van der Waals surface area (Å²) in [5.74, 6) is 2.42. The van der Waals surface area contributed by atoms with Gasteiger partial charge in [0.1, 0.15) is 11.5 Å². The molecule has 23 heavy (non-hydrogen) atoms. The lowest BCUT2D eigenvalue weighted by molar-refractivity contribution is 0.122. The van der Waals surface area contributed by atoms with Gasteiger partial charge in [-0.1, -0.05) is 11.6 Å². The molecule has 1 saturated heterocycles. The molecule has 0 spiro atoms. The smallest absolute Gasteiger partial charge is 0.283 e. The normalized spacial score (nSPS) is 19.3. The molecule has 7 heteroatoms. The van der Waals surface area contributed by atoms with Gasteiger partial charge in [0.2, 0.25) is 5.89 Å². The molecule has 0 aromatic carbocycles. The van der Waals surface area contributed by atoms with E-state index in [4.69, 9.17) is 13.4 Å². The maximum Gasteiger partial charge on any atom is 0.283 e. The molecule has 3 aromatic heterocycles. The van der Waals surface area contributed by atoms with Crippen molar-refractivity contribution < 1.29 is 13.4 Å². The lowest BCUT2D eigenvalue weighted by atomic mass is 9.99. The Morgan fingerprint density at radius 3 is 3.04 bits per heavy atom. The van der Waals surface area contributed by atoms with Crippen LogP contribution in [0.25, 0.3) is 11.7 Å². The highest BCUT2D eigenvalue weighted by Gasteiger charge is 2.28. The van der Waals surface area contributed by atoms with Crippen LogP contribution in [-0.4, -0.2) is 26.8 Å². The summed E-state index contributed by atoms with van der Waals surface area (Å²) in [5, 5.41) is 12.4. The molecule has 0 aliphatic carbocycles. The Bertz CT molecular complexity index is 762. The first-order valence-corrected chi connectivity index (χ1v) is 7.83. The Morgan fingerprint density at radius 1 is 1.30 bits per heavy atom. The highest BCUT2D eigenvalue weighted by Crippen LogP contribution is 2.32. The van der Waals surface area contributed by atoms with Gasteiger partial charge in [0.25, 0.3) is 5.89 Å². The molecular weight excluding hydrogens is 296 g/mol. The lowest BCUT2D eigenvalue weighted by Crippen LogP contribution is -2.33. The van der Waals surface area contributed by atoms with Crippen LogP contribution < -0.4 is 0 Å². The van der Waals surface area contributed by atoms with Gasteiger partial charge in [0.15, 0.2) is 5.76 Å². The number of piperidine rings is 1. The van der Waals surface area contributed by atoms with E-state index in [1.807, 2.05) is 13.0 Å². The Morgan fingerprint density at radius 2 is 2.26 bits per heavy atom. The summed E-state index contributed by atoms with van der Waals surface area (Å²) < 4.78 is 16.2. The van der Waals surface area contributed by atoms with Gasteiger partial charge in [-0.2, -0.15) is 0 Å². The predicted octanol–water partition coefficient (Wildman–Crippen LogP) is 3.35. The number of furan rings is 1. The van der Waals surface area contributed by atoms with E-state index in [-0.39, 0.29) is 6.04 Å². The van der Waals surface area contributed by atoms with Crippen molar-refractivity contribution in [3.05, 3.63) is 41.8 Å². The Kier molecular flexibility index (Phi) is 3.70. The van der Waals surface area contributed by atoms with Crippen LogP contribution >= 0.6 is 0 Å². The first-order chi connectivity index (χ1) is 11.3. The minimum atomic E-state index is 0.236. The number of nitrogens with zero attached hydrogens (tertiary/aromatic N) is 4. The van der Waals surface area contributed by atoms with Crippen LogP contribution in [-0.2, 0) is 6.54 Å². The van der Waals surface area contributed by atoms with Crippen LogP contribution in [0, 0.1) is 6.92 Å². The highest BCUT2D eigenvalue weighted by atomic mass is 16.5. The average Bonchev–Trinajstić information content (AvgIpc) is 3.28. The molecule has 0 saturated carbocycles. The topological polar surface area (TPSA) is 81.3 Å². The van der Waals surface area contributed by atoms with Crippen LogP contribution in [0.2, 0.25) is 0 Å². The third-order valence-corrected chi connectivity index (χ3v) is 4.14. The first kappa shape index (κ1) is 14.2. The van der Waals surface area contributed by atoms with Crippen LogP contribution in [0.3, 0.4) is 0 Å². The zero-order chi connectivity index (χ0) is 15.6. The maximum atomic E-state index is 5.72. The number of aryl methyl sites for hydroxylation is 1. The van der Waals surface area contributed by atoms with Crippen molar-refractivity contribution in [2.45, 2.75) is 38.8 Å². The minimum absolute atomic E-state index is 0.236. The molecule has 0 unspecified atom stereocenters. The molecule has 4 heterocycles. The average molecular weight is 314 g/mol. The van der Waals surface area contributed by atoms with Gasteiger partial charge in [-0.15, -0.1) is 10.2 Å². The van der Waals surface area contributed by atoms with Gasteiger partial charge in [-0.05, 0) is 38.4 Å². The Labute approximate surface area is 133 Å². The maximum absolute atomic E-state index is 5.72. The number of likely N-dealkylation sites (tertiary alicyclic amines) is 1. The first-order valence-electron chi connectivity index (χ1n) is 7.83. The van der Waals surface area contributed by atoms with Crippen molar-refractivity contribution in [1.29, 1.82) is 0 Å². The molecule has 3 aromatic rings. The third kappa shape index (κ3) is 2.92. The van der Waals surface area contributed by atoms with Crippen molar-refractivity contribution in [3.8, 4) is 11.7 Å². The van der Waals surface area contributed by atoms with Crippen LogP contribution in [0.1, 0.15) is 42.6 Å². The quantitative estimate of drug-likeness (QED) is 0.730. The lowest BCUT2D eigenvalue weighted by Gasteiger charge is -2.33. The SMILES string of the molecule is Cc1cc([C@@H]2CCCCN2Cc2nnc(-c3ccco3)o2)no1. The fraction of sp³-hybridized carbons (Fsp3) is 0.438. The molecule has 120 valence electrons. The second-order valence-electron chi connectivity index (χ2n) is 5.82. The van der Waals surface area contributed by atoms with E-state index in [9.17, 15) is 0 Å². The minimum Gasteiger partial charge on any atom is -0.459 e. The monoisotopic (exact) mass is 314 g/mol. The fourth-order valence-electron chi connectivity index (χ4n) is 3.05. The molecule has 0 N–H and O–H groups in total. The molecule has 1 atom stereocenters. The van der Waals surface area contributed by atoms with Gasteiger partial charge in [-0.25, -0.2) is 0 Å². The van der Waals surface area contributed by atoms with E-state index < -0.39 is 0 Å². The number of hydrogen-bond donors (Lipinski definition) is 0. The summed E-state index contributed by atoms with van der Waals surface area (Å²) >= 11 is 0. The zero-order valence-electron chi connectivity index (χ0n) is 12.9. The van der Waals surface area contributed by atoms with E-state index in [0.717, 1.165) is 30.8 Å². The van der Waals surface area contributed by atoms with Gasteiger partial charge >= 0.3 is 0 Å². The van der Waals surface area contributed by atoms with E-state index >= 15 is 0 Å². The molecule has 1 fully saturated rings. The summed E-state index contributed by atoms with van der Waals surface area (Å²) in [6, 6.07) is 5.84. The fourth-order valence-corrected chi connectivity index (χ4v) is 3.05. The van der Waals surface area contributed by atoms with E-state index in [2.05, 4.69) is 20.3 Å². The van der Waals surface area contributed by atoms with Crippen molar-refractivity contribution in [2.75, 3.05) is 6.54 Å². The number of rotatable bonds is 4. The van der Waals surface area contributed by atoms with Crippen molar-refractivity contribution in [1.82, 2.24) is 20.3 Å². The molecular formula is C16H18N4O3. The molecule has 0 bridgehead atoms. The van der Waals surface area contributed by atoms with Crippen LogP contribution in [0.15, 0.2) is 37.8 Å². The molecule has 4 rings (SSSR count). The number of hydrogen-bond acceptors (Lipinski definition) is 7. The molecule has 0 amide bonds. The Hall–Kier alpha value is -2.41. The summed E-state index contributed by atoms with van der Waals surface area (Å²) in [4.78, 5) is 2.32. The highest BCUT2D eigenvalue weighted by molar-refractivity contribution is 5.42. The molecule has 0 radical (unpaired) electrons.